The van der Waals surface area contributed by atoms with Crippen LogP contribution in [0.5, 0.6) is 0 Å². The molecule has 0 aliphatic carbocycles. The molecule has 1 spiro atoms. The van der Waals surface area contributed by atoms with Gasteiger partial charge in [-0.3, -0.25) is 4.31 Å². The van der Waals surface area contributed by atoms with E-state index in [9.17, 15) is 0 Å². The molecule has 2 aliphatic heterocycles. The predicted octanol–water partition coefficient (Wildman–Crippen LogP) is 0.960. The van der Waals surface area contributed by atoms with E-state index in [1.54, 1.807) is 0 Å². The van der Waals surface area contributed by atoms with Crippen LogP contribution < -0.4 is 5.32 Å². The van der Waals surface area contributed by atoms with Gasteiger partial charge in [0.05, 0.1) is 4.87 Å². The lowest BCUT2D eigenvalue weighted by Crippen LogP contribution is -2.45. The average Bonchev–Trinajstić information content (AvgIpc) is 2.45. The molecule has 2 heterocycles. The van der Waals surface area contributed by atoms with Gasteiger partial charge in [-0.15, -0.1) is 11.8 Å². The number of hydrogen-bond donors (Lipinski definition) is 2. The Morgan fingerprint density at radius 2 is 2.09 bits per heavy atom. The highest BCUT2D eigenvalue weighted by Gasteiger charge is 2.36. The fourth-order valence-corrected chi connectivity index (χ4v) is 3.22. The van der Waals surface area contributed by atoms with E-state index in [-0.39, 0.29) is 0 Å². The number of hydrogen-bond acceptors (Lipinski definition) is 4. The van der Waals surface area contributed by atoms with E-state index in [0.29, 0.717) is 4.87 Å². The van der Waals surface area contributed by atoms with E-state index in [1.165, 1.54) is 25.1 Å². The summed E-state index contributed by atoms with van der Waals surface area (Å²) in [5, 5.41) is 3.59. The summed E-state index contributed by atoms with van der Waals surface area (Å²) in [6.45, 7) is 3.45. The first kappa shape index (κ1) is 8.23. The molecule has 2 rings (SSSR count). The summed E-state index contributed by atoms with van der Waals surface area (Å²) in [4.78, 5) is 0.430. The third-order valence-electron chi connectivity index (χ3n) is 2.48. The maximum atomic E-state index is 4.33. The van der Waals surface area contributed by atoms with Crippen LogP contribution in [0, 0.1) is 0 Å². The van der Waals surface area contributed by atoms with Crippen LogP contribution in [-0.4, -0.2) is 34.6 Å². The van der Waals surface area contributed by atoms with Crippen LogP contribution in [0.15, 0.2) is 0 Å². The van der Waals surface area contributed by atoms with E-state index in [0.717, 1.165) is 13.1 Å². The fourth-order valence-electron chi connectivity index (χ4n) is 1.75. The van der Waals surface area contributed by atoms with Gasteiger partial charge in [-0.1, -0.05) is 12.8 Å². The van der Waals surface area contributed by atoms with Crippen molar-refractivity contribution < 1.29 is 0 Å². The predicted molar refractivity (Wildman–Crippen MR) is 53.0 cm³/mol. The van der Waals surface area contributed by atoms with Crippen molar-refractivity contribution in [2.24, 2.45) is 0 Å². The van der Waals surface area contributed by atoms with Crippen molar-refractivity contribution in [3.05, 3.63) is 0 Å². The van der Waals surface area contributed by atoms with E-state index in [2.05, 4.69) is 34.2 Å². The molecule has 0 aromatic rings. The van der Waals surface area contributed by atoms with Gasteiger partial charge >= 0.3 is 0 Å². The summed E-state index contributed by atoms with van der Waals surface area (Å²) in [6, 6.07) is 0. The minimum Gasteiger partial charge on any atom is -0.302 e. The van der Waals surface area contributed by atoms with Crippen LogP contribution >= 0.6 is 24.6 Å². The molecular weight excluding hydrogens is 176 g/mol. The smallest absolute Gasteiger partial charge is 0.0671 e. The first-order chi connectivity index (χ1) is 5.31. The van der Waals surface area contributed by atoms with Crippen LogP contribution in [-0.2, 0) is 0 Å². The van der Waals surface area contributed by atoms with Gasteiger partial charge < -0.3 is 5.32 Å². The summed E-state index contributed by atoms with van der Waals surface area (Å²) < 4.78 is 2.12. The highest BCUT2D eigenvalue weighted by molar-refractivity contribution is 8.00. The fraction of sp³-hybridized carbons (Fsp3) is 1.00. The normalized spacial score (nSPS) is 31.4. The number of thiol groups is 1. The topological polar surface area (TPSA) is 15.3 Å². The molecule has 0 atom stereocenters. The molecule has 2 saturated heterocycles. The molecule has 0 radical (unpaired) electrons. The molecule has 0 saturated carbocycles. The summed E-state index contributed by atoms with van der Waals surface area (Å²) in [6.07, 6.45) is 2.50. The largest absolute Gasteiger partial charge is 0.302 e. The van der Waals surface area contributed by atoms with Crippen molar-refractivity contribution >= 4 is 24.6 Å². The van der Waals surface area contributed by atoms with E-state index in [4.69, 9.17) is 0 Å². The van der Waals surface area contributed by atoms with E-state index in [1.807, 2.05) is 0 Å². The second kappa shape index (κ2) is 3.17. The zero-order chi connectivity index (χ0) is 7.73. The molecule has 2 nitrogen and oxygen atoms in total. The van der Waals surface area contributed by atoms with Crippen molar-refractivity contribution in [1.82, 2.24) is 9.62 Å². The van der Waals surface area contributed by atoms with Gasteiger partial charge in [-0.05, 0) is 12.8 Å². The Bertz CT molecular complexity index is 135. The Hall–Kier alpha value is 0.620. The Labute approximate surface area is 77.6 Å². The molecule has 0 unspecified atom stereocenters. The van der Waals surface area contributed by atoms with Gasteiger partial charge in [0.25, 0.3) is 0 Å². The minimum atomic E-state index is 0.430. The minimum absolute atomic E-state index is 0.430. The van der Waals surface area contributed by atoms with Crippen LogP contribution in [0.3, 0.4) is 0 Å². The molecular formula is C7H14N2S2. The molecule has 1 N–H and O–H groups in total. The summed E-state index contributed by atoms with van der Waals surface area (Å²) in [7, 11) is 0. The summed E-state index contributed by atoms with van der Waals surface area (Å²) in [5.74, 6) is 1.28. The average molecular weight is 190 g/mol. The van der Waals surface area contributed by atoms with Gasteiger partial charge in [0.1, 0.15) is 0 Å². The number of rotatable bonds is 0. The van der Waals surface area contributed by atoms with Crippen LogP contribution in [0.25, 0.3) is 0 Å². The standard InChI is InChI=1S/C7H14N2S2/c10-9-4-1-7(2-5-9)8-3-6-11-7/h8,10H,1-6H2. The van der Waals surface area contributed by atoms with Crippen LogP contribution in [0.1, 0.15) is 12.8 Å². The first-order valence-electron chi connectivity index (χ1n) is 4.14. The second-order valence-electron chi connectivity index (χ2n) is 3.22. The lowest BCUT2D eigenvalue weighted by atomic mass is 10.1. The molecule has 0 aromatic carbocycles. The zero-order valence-corrected chi connectivity index (χ0v) is 8.26. The highest BCUT2D eigenvalue weighted by atomic mass is 32.2. The van der Waals surface area contributed by atoms with Gasteiger partial charge in [0, 0.05) is 25.4 Å². The quantitative estimate of drug-likeness (QED) is 0.554. The van der Waals surface area contributed by atoms with Crippen LogP contribution in [0.4, 0.5) is 0 Å². The molecule has 2 fully saturated rings. The number of piperidine rings is 1. The molecule has 4 heteroatoms. The van der Waals surface area contributed by atoms with Crippen molar-refractivity contribution in [2.75, 3.05) is 25.4 Å². The third kappa shape index (κ3) is 1.69. The Morgan fingerprint density at radius 3 is 2.64 bits per heavy atom. The monoisotopic (exact) mass is 190 g/mol. The second-order valence-corrected chi connectivity index (χ2v) is 5.27. The first-order valence-corrected chi connectivity index (χ1v) is 5.52. The molecule has 0 aromatic heterocycles. The SMILES string of the molecule is SN1CCC2(CC1)NCCS2. The maximum absolute atomic E-state index is 4.33. The zero-order valence-electron chi connectivity index (χ0n) is 6.55. The van der Waals surface area contributed by atoms with Gasteiger partial charge in [-0.25, -0.2) is 0 Å². The van der Waals surface area contributed by atoms with Gasteiger partial charge in [0.15, 0.2) is 0 Å². The van der Waals surface area contributed by atoms with Gasteiger partial charge in [-0.2, -0.15) is 0 Å². The Kier molecular flexibility index (Phi) is 2.37. The van der Waals surface area contributed by atoms with Crippen molar-refractivity contribution in [1.29, 1.82) is 0 Å². The van der Waals surface area contributed by atoms with Crippen molar-refractivity contribution in [2.45, 2.75) is 17.7 Å². The van der Waals surface area contributed by atoms with Crippen molar-refractivity contribution in [3.63, 3.8) is 0 Å². The third-order valence-corrected chi connectivity index (χ3v) is 4.39. The molecule has 0 bridgehead atoms. The molecule has 2 aliphatic rings. The highest BCUT2D eigenvalue weighted by Crippen LogP contribution is 2.36. The van der Waals surface area contributed by atoms with E-state index >= 15 is 0 Å². The number of thioether (sulfide) groups is 1. The number of nitrogens with one attached hydrogen (secondary N) is 1. The van der Waals surface area contributed by atoms with Crippen molar-refractivity contribution in [3.8, 4) is 0 Å². The maximum Gasteiger partial charge on any atom is 0.0671 e. The number of nitrogens with zero attached hydrogens (tertiary/aromatic N) is 1. The Balaban J connectivity index is 1.94. The lowest BCUT2D eigenvalue weighted by molar-refractivity contribution is 0.296. The summed E-state index contributed by atoms with van der Waals surface area (Å²) in [5.41, 5.74) is 0. The van der Waals surface area contributed by atoms with Crippen LogP contribution in [0.2, 0.25) is 0 Å². The molecule has 64 valence electrons. The lowest BCUT2D eigenvalue weighted by Gasteiger charge is -2.36. The molecule has 11 heavy (non-hydrogen) atoms. The van der Waals surface area contributed by atoms with Gasteiger partial charge in [0.2, 0.25) is 0 Å². The Morgan fingerprint density at radius 1 is 1.36 bits per heavy atom. The molecule has 0 amide bonds. The summed E-state index contributed by atoms with van der Waals surface area (Å²) >= 11 is 6.43. The van der Waals surface area contributed by atoms with E-state index < -0.39 is 0 Å².